The Balaban J connectivity index is 3.09. The molecule has 0 aromatic heterocycles. The van der Waals surface area contributed by atoms with Gasteiger partial charge in [0, 0.05) is 11.6 Å². The van der Waals surface area contributed by atoms with Gasteiger partial charge in [0.05, 0.1) is 6.21 Å². The number of hydrogen-bond donors (Lipinski definition) is 1. The molecule has 1 rings (SSSR count). The minimum Gasteiger partial charge on any atom is -0.411 e. The van der Waals surface area contributed by atoms with E-state index in [2.05, 4.69) is 11.2 Å². The van der Waals surface area contributed by atoms with Gasteiger partial charge in [-0.05, 0) is 12.1 Å². The van der Waals surface area contributed by atoms with E-state index in [1.165, 1.54) is 0 Å². The Labute approximate surface area is 61.8 Å². The Bertz CT molecular complexity index is 286. The SMILES string of the molecule is ON=Cc1[c]cc(F)cc1F. The largest absolute Gasteiger partial charge is 0.411 e. The van der Waals surface area contributed by atoms with Gasteiger partial charge in [0.25, 0.3) is 0 Å². The van der Waals surface area contributed by atoms with Gasteiger partial charge in [0.1, 0.15) is 11.6 Å². The van der Waals surface area contributed by atoms with Crippen molar-refractivity contribution in [2.45, 2.75) is 0 Å². The molecule has 0 saturated heterocycles. The van der Waals surface area contributed by atoms with Crippen LogP contribution >= 0.6 is 0 Å². The van der Waals surface area contributed by atoms with Crippen LogP contribution in [0.1, 0.15) is 5.56 Å². The van der Waals surface area contributed by atoms with Crippen molar-refractivity contribution in [3.05, 3.63) is 35.4 Å². The summed E-state index contributed by atoms with van der Waals surface area (Å²) < 4.78 is 24.8. The second-order valence-electron chi connectivity index (χ2n) is 1.82. The highest BCUT2D eigenvalue weighted by molar-refractivity contribution is 5.78. The average Bonchev–Trinajstić information content (AvgIpc) is 1.95. The van der Waals surface area contributed by atoms with Crippen molar-refractivity contribution in [1.82, 2.24) is 0 Å². The molecule has 1 N–H and O–H groups in total. The molecular formula is C7H4F2NO. The predicted octanol–water partition coefficient (Wildman–Crippen LogP) is 1.57. The molecule has 0 heterocycles. The van der Waals surface area contributed by atoms with E-state index in [1.54, 1.807) is 0 Å². The van der Waals surface area contributed by atoms with Crippen molar-refractivity contribution in [2.75, 3.05) is 0 Å². The third kappa shape index (κ3) is 1.73. The molecule has 2 nitrogen and oxygen atoms in total. The summed E-state index contributed by atoms with van der Waals surface area (Å²) in [5, 5.41) is 10.6. The number of oxime groups is 1. The number of nitrogens with zero attached hydrogens (tertiary/aromatic N) is 1. The molecule has 0 unspecified atom stereocenters. The summed E-state index contributed by atoms with van der Waals surface area (Å²) in [4.78, 5) is 0. The van der Waals surface area contributed by atoms with Crippen molar-refractivity contribution in [3.8, 4) is 0 Å². The third-order valence-corrected chi connectivity index (χ3v) is 1.07. The molecule has 4 heteroatoms. The number of benzene rings is 1. The maximum absolute atomic E-state index is 12.6. The first-order chi connectivity index (χ1) is 5.24. The number of hydrogen-bond acceptors (Lipinski definition) is 2. The molecule has 1 aromatic carbocycles. The maximum atomic E-state index is 12.6. The lowest BCUT2D eigenvalue weighted by Gasteiger charge is -1.92. The van der Waals surface area contributed by atoms with E-state index in [9.17, 15) is 8.78 Å². The molecule has 0 amide bonds. The summed E-state index contributed by atoms with van der Waals surface area (Å²) in [6.45, 7) is 0. The number of rotatable bonds is 1. The van der Waals surface area contributed by atoms with Gasteiger partial charge in [-0.1, -0.05) is 5.16 Å². The van der Waals surface area contributed by atoms with Crippen LogP contribution in [0.15, 0.2) is 17.3 Å². The van der Waals surface area contributed by atoms with E-state index in [0.717, 1.165) is 12.3 Å². The molecule has 0 fully saturated rings. The topological polar surface area (TPSA) is 32.6 Å². The molecule has 0 spiro atoms. The molecule has 1 radical (unpaired) electrons. The summed E-state index contributed by atoms with van der Waals surface area (Å²) in [5.74, 6) is -1.51. The second kappa shape index (κ2) is 3.09. The van der Waals surface area contributed by atoms with Crippen LogP contribution in [0.25, 0.3) is 0 Å². The van der Waals surface area contributed by atoms with Crippen LogP contribution in [-0.4, -0.2) is 11.4 Å². The summed E-state index contributed by atoms with van der Waals surface area (Å²) in [6, 6.07) is 3.89. The molecule has 0 bridgehead atoms. The fraction of sp³-hybridized carbons (Fsp3) is 0. The Morgan fingerprint density at radius 2 is 2.27 bits per heavy atom. The fourth-order valence-corrected chi connectivity index (χ4v) is 0.613. The minimum atomic E-state index is -0.803. The summed E-state index contributed by atoms with van der Waals surface area (Å²) >= 11 is 0. The van der Waals surface area contributed by atoms with Crippen molar-refractivity contribution in [1.29, 1.82) is 0 Å². The average molecular weight is 156 g/mol. The first kappa shape index (κ1) is 7.65. The Kier molecular flexibility index (Phi) is 2.15. The molecule has 1 aromatic rings. The van der Waals surface area contributed by atoms with E-state index in [4.69, 9.17) is 5.21 Å². The van der Waals surface area contributed by atoms with Gasteiger partial charge >= 0.3 is 0 Å². The van der Waals surface area contributed by atoms with Gasteiger partial charge in [-0.25, -0.2) is 8.78 Å². The first-order valence-electron chi connectivity index (χ1n) is 2.78. The zero-order chi connectivity index (χ0) is 8.27. The zero-order valence-electron chi connectivity index (χ0n) is 5.38. The maximum Gasteiger partial charge on any atom is 0.135 e. The van der Waals surface area contributed by atoms with Crippen molar-refractivity contribution >= 4 is 6.21 Å². The first-order valence-corrected chi connectivity index (χ1v) is 2.78. The molecule has 0 atom stereocenters. The number of halogens is 2. The van der Waals surface area contributed by atoms with Crippen LogP contribution in [0.5, 0.6) is 0 Å². The fourth-order valence-electron chi connectivity index (χ4n) is 0.613. The van der Waals surface area contributed by atoms with Crippen molar-refractivity contribution in [2.24, 2.45) is 5.16 Å². The molecule has 57 valence electrons. The van der Waals surface area contributed by atoms with Crippen LogP contribution in [0, 0.1) is 17.7 Å². The molecule has 0 aliphatic heterocycles. The lowest BCUT2D eigenvalue weighted by molar-refractivity contribution is 0.321. The summed E-state index contributed by atoms with van der Waals surface area (Å²) in [5.41, 5.74) is -0.0751. The third-order valence-electron chi connectivity index (χ3n) is 1.07. The molecular weight excluding hydrogens is 152 g/mol. The van der Waals surface area contributed by atoms with Gasteiger partial charge in [0.15, 0.2) is 0 Å². The normalized spacial score (nSPS) is 10.7. The lowest BCUT2D eigenvalue weighted by atomic mass is 10.2. The smallest absolute Gasteiger partial charge is 0.135 e. The van der Waals surface area contributed by atoms with E-state index >= 15 is 0 Å². The molecule has 11 heavy (non-hydrogen) atoms. The van der Waals surface area contributed by atoms with Crippen LogP contribution in [0.2, 0.25) is 0 Å². The van der Waals surface area contributed by atoms with E-state index in [1.807, 2.05) is 0 Å². The second-order valence-corrected chi connectivity index (χ2v) is 1.82. The lowest BCUT2D eigenvalue weighted by Crippen LogP contribution is -1.89. The minimum absolute atomic E-state index is 0.0751. The monoisotopic (exact) mass is 156 g/mol. The van der Waals surface area contributed by atoms with Gasteiger partial charge in [-0.15, -0.1) is 0 Å². The van der Waals surface area contributed by atoms with Gasteiger partial charge in [0.2, 0.25) is 0 Å². The zero-order valence-corrected chi connectivity index (χ0v) is 5.38. The highest BCUT2D eigenvalue weighted by Gasteiger charge is 2.00. The Hall–Kier alpha value is -1.45. The molecule has 0 aliphatic rings. The summed E-state index contributed by atoms with van der Waals surface area (Å²) in [7, 11) is 0. The van der Waals surface area contributed by atoms with Gasteiger partial charge in [-0.3, -0.25) is 0 Å². The van der Waals surface area contributed by atoms with E-state index in [-0.39, 0.29) is 5.56 Å². The Morgan fingerprint density at radius 3 is 2.82 bits per heavy atom. The van der Waals surface area contributed by atoms with Gasteiger partial charge < -0.3 is 5.21 Å². The Morgan fingerprint density at radius 1 is 1.55 bits per heavy atom. The van der Waals surface area contributed by atoms with Crippen LogP contribution in [0.3, 0.4) is 0 Å². The van der Waals surface area contributed by atoms with Gasteiger partial charge in [-0.2, -0.15) is 0 Å². The molecule has 0 aliphatic carbocycles. The summed E-state index contributed by atoms with van der Waals surface area (Å²) in [6.07, 6.45) is 0.842. The van der Waals surface area contributed by atoms with Crippen molar-refractivity contribution in [3.63, 3.8) is 0 Å². The standard InChI is InChI=1S/C7H4F2NO/c8-6-2-1-5(4-10-11)7(9)3-6/h2-4,11H. The van der Waals surface area contributed by atoms with Crippen molar-refractivity contribution < 1.29 is 14.0 Å². The van der Waals surface area contributed by atoms with Crippen LogP contribution < -0.4 is 0 Å². The van der Waals surface area contributed by atoms with E-state index < -0.39 is 11.6 Å². The highest BCUT2D eigenvalue weighted by atomic mass is 19.1. The quantitative estimate of drug-likeness (QED) is 0.373. The molecule has 0 saturated carbocycles. The van der Waals surface area contributed by atoms with Crippen LogP contribution in [-0.2, 0) is 0 Å². The van der Waals surface area contributed by atoms with Crippen LogP contribution in [0.4, 0.5) is 8.78 Å². The van der Waals surface area contributed by atoms with E-state index in [0.29, 0.717) is 6.07 Å². The predicted molar refractivity (Wildman–Crippen MR) is 34.6 cm³/mol. The highest BCUT2D eigenvalue weighted by Crippen LogP contribution is 2.05.